The molecule has 0 aliphatic heterocycles. The van der Waals surface area contributed by atoms with Gasteiger partial charge in [0.1, 0.15) is 5.75 Å². The summed E-state index contributed by atoms with van der Waals surface area (Å²) in [6.07, 6.45) is -4.41. The predicted octanol–water partition coefficient (Wildman–Crippen LogP) is 3.64. The summed E-state index contributed by atoms with van der Waals surface area (Å²) in [5.41, 5.74) is -0.124. The van der Waals surface area contributed by atoms with E-state index in [2.05, 4.69) is 15.3 Å². The van der Waals surface area contributed by atoms with Gasteiger partial charge in [0.15, 0.2) is 0 Å². The molecule has 0 amide bonds. The van der Waals surface area contributed by atoms with Gasteiger partial charge in [0.05, 0.1) is 5.56 Å². The number of aromatic nitrogens is 2. The van der Waals surface area contributed by atoms with E-state index in [-0.39, 0.29) is 11.6 Å². The van der Waals surface area contributed by atoms with Gasteiger partial charge in [-0.1, -0.05) is 6.07 Å². The maximum Gasteiger partial charge on any atom is 0.416 e. The second-order valence-electron chi connectivity index (χ2n) is 4.05. The molecule has 0 bridgehead atoms. The Morgan fingerprint density at radius 1 is 1.15 bits per heavy atom. The average molecular weight is 283 g/mol. The number of halogens is 3. The van der Waals surface area contributed by atoms with Crippen molar-refractivity contribution in [2.24, 2.45) is 0 Å². The molecule has 0 spiro atoms. The first-order valence-corrected chi connectivity index (χ1v) is 5.77. The Hall–Kier alpha value is -2.31. The number of alkyl halides is 3. The van der Waals surface area contributed by atoms with Gasteiger partial charge in [-0.2, -0.15) is 18.2 Å². The normalized spacial score (nSPS) is 11.2. The van der Waals surface area contributed by atoms with Gasteiger partial charge in [0, 0.05) is 18.8 Å². The van der Waals surface area contributed by atoms with Crippen LogP contribution in [0.1, 0.15) is 11.3 Å². The summed E-state index contributed by atoms with van der Waals surface area (Å²) in [5, 5.41) is 2.75. The minimum Gasteiger partial charge on any atom is -0.439 e. The van der Waals surface area contributed by atoms with Crippen molar-refractivity contribution in [2.75, 3.05) is 12.4 Å². The van der Waals surface area contributed by atoms with Crippen LogP contribution >= 0.6 is 0 Å². The van der Waals surface area contributed by atoms with Gasteiger partial charge < -0.3 is 10.1 Å². The number of benzene rings is 1. The molecule has 0 saturated heterocycles. The molecule has 7 heteroatoms. The molecule has 4 nitrogen and oxygen atoms in total. The fourth-order valence-corrected chi connectivity index (χ4v) is 1.56. The third kappa shape index (κ3) is 3.37. The highest BCUT2D eigenvalue weighted by molar-refractivity contribution is 5.35. The van der Waals surface area contributed by atoms with E-state index in [0.29, 0.717) is 11.6 Å². The van der Waals surface area contributed by atoms with Gasteiger partial charge in [0.2, 0.25) is 11.8 Å². The van der Waals surface area contributed by atoms with Gasteiger partial charge in [-0.25, -0.2) is 4.98 Å². The van der Waals surface area contributed by atoms with Crippen LogP contribution in [-0.4, -0.2) is 17.0 Å². The molecule has 0 aliphatic carbocycles. The van der Waals surface area contributed by atoms with E-state index in [1.54, 1.807) is 20.0 Å². The van der Waals surface area contributed by atoms with Crippen LogP contribution in [0.3, 0.4) is 0 Å². The van der Waals surface area contributed by atoms with Crippen molar-refractivity contribution in [3.8, 4) is 11.6 Å². The highest BCUT2D eigenvalue weighted by atomic mass is 19.4. The van der Waals surface area contributed by atoms with Crippen LogP contribution in [-0.2, 0) is 6.18 Å². The number of aryl methyl sites for hydroxylation is 1. The Bertz CT molecular complexity index is 614. The van der Waals surface area contributed by atoms with Crippen LogP contribution in [0.15, 0.2) is 30.3 Å². The van der Waals surface area contributed by atoms with Crippen molar-refractivity contribution in [1.29, 1.82) is 0 Å². The Morgan fingerprint density at radius 2 is 1.90 bits per heavy atom. The number of anilines is 1. The van der Waals surface area contributed by atoms with Crippen molar-refractivity contribution in [2.45, 2.75) is 13.1 Å². The van der Waals surface area contributed by atoms with Crippen molar-refractivity contribution in [3.63, 3.8) is 0 Å². The van der Waals surface area contributed by atoms with Gasteiger partial charge in [-0.3, -0.25) is 0 Å². The van der Waals surface area contributed by atoms with Crippen molar-refractivity contribution in [3.05, 3.63) is 41.6 Å². The molecule has 0 atom stereocenters. The standard InChI is InChI=1S/C13H12F3N3O/c1-8-6-11(19-12(17-2)18-8)20-10-5-3-4-9(7-10)13(14,15)16/h3-7H,1-2H3,(H,17,18,19). The second-order valence-corrected chi connectivity index (χ2v) is 4.05. The zero-order valence-electron chi connectivity index (χ0n) is 10.8. The number of ether oxygens (including phenoxy) is 1. The fraction of sp³-hybridized carbons (Fsp3) is 0.231. The minimum atomic E-state index is -4.41. The first-order valence-electron chi connectivity index (χ1n) is 5.77. The van der Waals surface area contributed by atoms with Gasteiger partial charge in [-0.05, 0) is 25.1 Å². The molecule has 20 heavy (non-hydrogen) atoms. The molecular weight excluding hydrogens is 271 g/mol. The number of hydrogen-bond acceptors (Lipinski definition) is 4. The van der Waals surface area contributed by atoms with Crippen molar-refractivity contribution >= 4 is 5.95 Å². The number of nitrogens with one attached hydrogen (secondary N) is 1. The third-order valence-corrected chi connectivity index (χ3v) is 2.44. The zero-order valence-corrected chi connectivity index (χ0v) is 10.8. The molecule has 2 rings (SSSR count). The Morgan fingerprint density at radius 3 is 2.55 bits per heavy atom. The van der Waals surface area contributed by atoms with E-state index in [1.165, 1.54) is 12.1 Å². The number of hydrogen-bond donors (Lipinski definition) is 1. The molecule has 0 aliphatic rings. The molecule has 0 saturated carbocycles. The summed E-state index contributed by atoms with van der Waals surface area (Å²) in [4.78, 5) is 8.08. The lowest BCUT2D eigenvalue weighted by molar-refractivity contribution is -0.137. The number of rotatable bonds is 3. The highest BCUT2D eigenvalue weighted by Crippen LogP contribution is 2.32. The van der Waals surface area contributed by atoms with Crippen LogP contribution in [0.5, 0.6) is 11.6 Å². The quantitative estimate of drug-likeness (QED) is 0.934. The van der Waals surface area contributed by atoms with Crippen LogP contribution in [0.25, 0.3) is 0 Å². The molecule has 2 aromatic rings. The molecule has 0 unspecified atom stereocenters. The fourth-order valence-electron chi connectivity index (χ4n) is 1.56. The molecule has 0 radical (unpaired) electrons. The number of nitrogens with zero attached hydrogens (tertiary/aromatic N) is 2. The summed E-state index contributed by atoms with van der Waals surface area (Å²) < 4.78 is 43.1. The first kappa shape index (κ1) is 14.1. The Labute approximate surface area is 113 Å². The van der Waals surface area contributed by atoms with Gasteiger partial charge >= 0.3 is 6.18 Å². The van der Waals surface area contributed by atoms with E-state index in [1.807, 2.05) is 0 Å². The maximum atomic E-state index is 12.6. The van der Waals surface area contributed by atoms with Crippen LogP contribution in [0.4, 0.5) is 19.1 Å². The van der Waals surface area contributed by atoms with Gasteiger partial charge in [-0.15, -0.1) is 0 Å². The molecule has 0 fully saturated rings. The topological polar surface area (TPSA) is 47.0 Å². The third-order valence-electron chi connectivity index (χ3n) is 2.44. The molecular formula is C13H12F3N3O. The largest absolute Gasteiger partial charge is 0.439 e. The summed E-state index contributed by atoms with van der Waals surface area (Å²) in [6.45, 7) is 1.74. The lowest BCUT2D eigenvalue weighted by Gasteiger charge is -2.10. The van der Waals surface area contributed by atoms with E-state index >= 15 is 0 Å². The highest BCUT2D eigenvalue weighted by Gasteiger charge is 2.30. The summed E-state index contributed by atoms with van der Waals surface area (Å²) in [5.74, 6) is 0.591. The van der Waals surface area contributed by atoms with E-state index < -0.39 is 11.7 Å². The molecule has 1 aromatic carbocycles. The molecule has 1 aromatic heterocycles. The minimum absolute atomic E-state index is 0.0694. The maximum absolute atomic E-state index is 12.6. The zero-order chi connectivity index (χ0) is 14.8. The molecule has 1 heterocycles. The Kier molecular flexibility index (Phi) is 3.78. The van der Waals surface area contributed by atoms with Crippen molar-refractivity contribution in [1.82, 2.24) is 9.97 Å². The first-order chi connectivity index (χ1) is 9.38. The lowest BCUT2D eigenvalue weighted by Crippen LogP contribution is -2.05. The summed E-state index contributed by atoms with van der Waals surface area (Å²) >= 11 is 0. The molecule has 106 valence electrons. The predicted molar refractivity (Wildman–Crippen MR) is 67.8 cm³/mol. The average Bonchev–Trinajstić information content (AvgIpc) is 2.37. The van der Waals surface area contributed by atoms with E-state index in [9.17, 15) is 13.2 Å². The van der Waals surface area contributed by atoms with E-state index in [0.717, 1.165) is 12.1 Å². The van der Waals surface area contributed by atoms with Crippen LogP contribution < -0.4 is 10.1 Å². The SMILES string of the molecule is CNc1nc(C)cc(Oc2cccc(C(F)(F)F)c2)n1. The smallest absolute Gasteiger partial charge is 0.416 e. The summed E-state index contributed by atoms with van der Waals surface area (Å²) in [6, 6.07) is 6.17. The van der Waals surface area contributed by atoms with Crippen LogP contribution in [0.2, 0.25) is 0 Å². The molecule has 1 N–H and O–H groups in total. The summed E-state index contributed by atoms with van der Waals surface area (Å²) in [7, 11) is 1.64. The monoisotopic (exact) mass is 283 g/mol. The second kappa shape index (κ2) is 5.36. The van der Waals surface area contributed by atoms with Crippen LogP contribution in [0, 0.1) is 6.92 Å². The van der Waals surface area contributed by atoms with Gasteiger partial charge in [0.25, 0.3) is 0 Å². The van der Waals surface area contributed by atoms with E-state index in [4.69, 9.17) is 4.74 Å². The Balaban J connectivity index is 2.28. The lowest BCUT2D eigenvalue weighted by atomic mass is 10.2. The van der Waals surface area contributed by atoms with Crippen molar-refractivity contribution < 1.29 is 17.9 Å².